The van der Waals surface area contributed by atoms with Gasteiger partial charge < -0.3 is 15.6 Å². The molecule has 2 aliphatic rings. The largest absolute Gasteiger partial charge is 0.492 e. The summed E-state index contributed by atoms with van der Waals surface area (Å²) in [7, 11) is 0. The molecule has 0 spiro atoms. The molecule has 100 valence electrons. The number of hydrogen-bond acceptors (Lipinski definition) is 4. The number of nitrogens with two attached hydrogens (primary N) is 1. The van der Waals surface area contributed by atoms with Crippen LogP contribution in [0.4, 0.5) is 0 Å². The maximum absolute atomic E-state index is 9.73. The predicted molar refractivity (Wildman–Crippen MR) is 72.0 cm³/mol. The van der Waals surface area contributed by atoms with E-state index in [0.717, 1.165) is 17.9 Å². The normalized spacial score (nSPS) is 24.7. The zero-order chi connectivity index (χ0) is 12.8. The minimum absolute atomic E-state index is 0.433. The summed E-state index contributed by atoms with van der Waals surface area (Å²) in [5, 5.41) is 9.73. The third-order valence-electron chi connectivity index (χ3n) is 3.29. The molecule has 0 aromatic heterocycles. The van der Waals surface area contributed by atoms with Crippen molar-refractivity contribution in [2.45, 2.75) is 18.9 Å². The summed E-state index contributed by atoms with van der Waals surface area (Å²) < 4.78 is 5.69. The Bertz CT molecular complexity index is 355. The summed E-state index contributed by atoms with van der Waals surface area (Å²) in [4.78, 5) is 2.40. The molecule has 0 aromatic carbocycles. The molecule has 0 radical (unpaired) electrons. The van der Waals surface area contributed by atoms with Gasteiger partial charge in [0.25, 0.3) is 0 Å². The molecule has 18 heavy (non-hydrogen) atoms. The van der Waals surface area contributed by atoms with E-state index in [-0.39, 0.29) is 0 Å². The third-order valence-corrected chi connectivity index (χ3v) is 3.29. The van der Waals surface area contributed by atoms with Crippen LogP contribution in [0.2, 0.25) is 0 Å². The van der Waals surface area contributed by atoms with Crippen LogP contribution in [0, 0.1) is 0 Å². The first-order valence-electron chi connectivity index (χ1n) is 6.62. The van der Waals surface area contributed by atoms with Gasteiger partial charge >= 0.3 is 0 Å². The van der Waals surface area contributed by atoms with E-state index in [1.54, 1.807) is 12.2 Å². The lowest BCUT2D eigenvalue weighted by Crippen LogP contribution is -2.23. The van der Waals surface area contributed by atoms with Crippen LogP contribution in [0.3, 0.4) is 0 Å². The summed E-state index contributed by atoms with van der Waals surface area (Å²) in [5.41, 5.74) is 6.49. The molecule has 1 aliphatic heterocycles. The molecule has 3 N–H and O–H groups in total. The Labute approximate surface area is 108 Å². The standard InChI is InChI=1S/C14H22N2O2/c15-11-12-3-4-14(10-13(17)9-12)18-8-7-16-5-1-2-6-16/h3-4,9-10,13,17H,1-2,5-8,11,15H2. The van der Waals surface area contributed by atoms with Crippen molar-refractivity contribution in [3.63, 3.8) is 0 Å². The van der Waals surface area contributed by atoms with E-state index in [1.165, 1.54) is 25.9 Å². The van der Waals surface area contributed by atoms with Gasteiger partial charge in [0.15, 0.2) is 0 Å². The highest BCUT2D eigenvalue weighted by atomic mass is 16.5. The average Bonchev–Trinajstić information content (AvgIpc) is 2.80. The number of ether oxygens (including phenoxy) is 1. The van der Waals surface area contributed by atoms with Crippen LogP contribution in [-0.2, 0) is 4.74 Å². The number of aliphatic hydroxyl groups excluding tert-OH is 1. The van der Waals surface area contributed by atoms with Crippen LogP contribution in [-0.4, -0.2) is 48.9 Å². The topological polar surface area (TPSA) is 58.7 Å². The molecule has 1 fully saturated rings. The Hall–Kier alpha value is -1.10. The molecule has 0 bridgehead atoms. The van der Waals surface area contributed by atoms with Gasteiger partial charge in [-0.2, -0.15) is 0 Å². The van der Waals surface area contributed by atoms with Gasteiger partial charge in [-0.15, -0.1) is 0 Å². The number of nitrogens with zero attached hydrogens (tertiary/aromatic N) is 1. The van der Waals surface area contributed by atoms with Gasteiger partial charge in [0.1, 0.15) is 12.4 Å². The van der Waals surface area contributed by atoms with Gasteiger partial charge in [-0.3, -0.25) is 4.90 Å². The molecule has 1 atom stereocenters. The Morgan fingerprint density at radius 2 is 2.06 bits per heavy atom. The van der Waals surface area contributed by atoms with Crippen molar-refractivity contribution >= 4 is 0 Å². The van der Waals surface area contributed by atoms with Crippen molar-refractivity contribution in [2.24, 2.45) is 5.73 Å². The Kier molecular flexibility index (Phi) is 4.99. The van der Waals surface area contributed by atoms with E-state index in [4.69, 9.17) is 10.5 Å². The lowest BCUT2D eigenvalue weighted by molar-refractivity contribution is 0.174. The zero-order valence-electron chi connectivity index (χ0n) is 10.7. The first kappa shape index (κ1) is 13.3. The van der Waals surface area contributed by atoms with Crippen LogP contribution in [0.1, 0.15) is 12.8 Å². The summed E-state index contributed by atoms with van der Waals surface area (Å²) in [6, 6.07) is 0. The fraction of sp³-hybridized carbons (Fsp3) is 0.571. The summed E-state index contributed by atoms with van der Waals surface area (Å²) in [6.45, 7) is 4.42. The van der Waals surface area contributed by atoms with Gasteiger partial charge in [0.05, 0.1) is 6.10 Å². The van der Waals surface area contributed by atoms with Gasteiger partial charge in [-0.25, -0.2) is 0 Å². The SMILES string of the molecule is NCC1=CC(O)C=C(OCCN2CCCC2)C=C1. The lowest BCUT2D eigenvalue weighted by Gasteiger charge is -2.15. The van der Waals surface area contributed by atoms with Gasteiger partial charge in [-0.1, -0.05) is 6.08 Å². The monoisotopic (exact) mass is 250 g/mol. The quantitative estimate of drug-likeness (QED) is 0.757. The van der Waals surface area contributed by atoms with E-state index in [9.17, 15) is 5.11 Å². The van der Waals surface area contributed by atoms with Crippen LogP contribution in [0.15, 0.2) is 35.6 Å². The molecule has 1 saturated heterocycles. The number of rotatable bonds is 5. The van der Waals surface area contributed by atoms with Crippen molar-refractivity contribution in [2.75, 3.05) is 32.8 Å². The fourth-order valence-electron chi connectivity index (χ4n) is 2.27. The van der Waals surface area contributed by atoms with Crippen molar-refractivity contribution in [1.82, 2.24) is 4.90 Å². The van der Waals surface area contributed by atoms with E-state index >= 15 is 0 Å². The number of allylic oxidation sites excluding steroid dienone is 1. The predicted octanol–water partition coefficient (Wildman–Crippen LogP) is 0.798. The molecule has 4 heteroatoms. The molecular weight excluding hydrogens is 228 g/mol. The Morgan fingerprint density at radius 1 is 1.28 bits per heavy atom. The molecule has 0 saturated carbocycles. The molecule has 1 heterocycles. The molecule has 1 aliphatic carbocycles. The molecule has 2 rings (SSSR count). The average molecular weight is 250 g/mol. The first-order valence-corrected chi connectivity index (χ1v) is 6.62. The first-order chi connectivity index (χ1) is 8.78. The highest BCUT2D eigenvalue weighted by Gasteiger charge is 2.11. The second-order valence-corrected chi connectivity index (χ2v) is 4.74. The van der Waals surface area contributed by atoms with Crippen LogP contribution < -0.4 is 5.73 Å². The van der Waals surface area contributed by atoms with E-state index < -0.39 is 6.10 Å². The van der Waals surface area contributed by atoms with Crippen molar-refractivity contribution in [3.05, 3.63) is 35.6 Å². The lowest BCUT2D eigenvalue weighted by atomic mass is 10.2. The van der Waals surface area contributed by atoms with Gasteiger partial charge in [0.2, 0.25) is 0 Å². The minimum atomic E-state index is -0.611. The van der Waals surface area contributed by atoms with E-state index in [2.05, 4.69) is 4.90 Å². The van der Waals surface area contributed by atoms with Crippen LogP contribution in [0.5, 0.6) is 0 Å². The second kappa shape index (κ2) is 6.73. The second-order valence-electron chi connectivity index (χ2n) is 4.74. The van der Waals surface area contributed by atoms with Crippen LogP contribution in [0.25, 0.3) is 0 Å². The molecule has 0 aromatic rings. The van der Waals surface area contributed by atoms with Crippen molar-refractivity contribution in [1.29, 1.82) is 0 Å². The number of likely N-dealkylation sites (tertiary alicyclic amines) is 1. The van der Waals surface area contributed by atoms with E-state index in [0.29, 0.717) is 13.2 Å². The highest BCUT2D eigenvalue weighted by molar-refractivity contribution is 5.32. The zero-order valence-corrected chi connectivity index (χ0v) is 10.7. The Morgan fingerprint density at radius 3 is 2.78 bits per heavy atom. The maximum Gasteiger partial charge on any atom is 0.118 e. The molecule has 4 nitrogen and oxygen atoms in total. The maximum atomic E-state index is 9.73. The molecule has 0 amide bonds. The van der Waals surface area contributed by atoms with E-state index in [1.807, 2.05) is 12.2 Å². The van der Waals surface area contributed by atoms with Crippen molar-refractivity contribution < 1.29 is 9.84 Å². The highest BCUT2D eigenvalue weighted by Crippen LogP contribution is 2.12. The summed E-state index contributed by atoms with van der Waals surface area (Å²) in [6.07, 6.45) is 9.21. The Balaban J connectivity index is 1.78. The smallest absolute Gasteiger partial charge is 0.118 e. The van der Waals surface area contributed by atoms with Gasteiger partial charge in [-0.05, 0) is 49.7 Å². The number of aliphatic hydroxyl groups is 1. The number of hydrogen-bond donors (Lipinski definition) is 2. The van der Waals surface area contributed by atoms with Crippen LogP contribution >= 0.6 is 0 Å². The third kappa shape index (κ3) is 3.98. The molecular formula is C14H22N2O2. The minimum Gasteiger partial charge on any atom is -0.492 e. The van der Waals surface area contributed by atoms with Crippen molar-refractivity contribution in [3.8, 4) is 0 Å². The summed E-state index contributed by atoms with van der Waals surface area (Å²) in [5.74, 6) is 0.724. The molecule has 1 unspecified atom stereocenters. The van der Waals surface area contributed by atoms with Gasteiger partial charge in [0, 0.05) is 13.1 Å². The summed E-state index contributed by atoms with van der Waals surface area (Å²) >= 11 is 0. The fourth-order valence-corrected chi connectivity index (χ4v) is 2.27.